The van der Waals surface area contributed by atoms with Gasteiger partial charge in [-0.2, -0.15) is 5.26 Å². The standard InChI is InChI=1S/C15H17NO4/c1-3-19-14-6-4-5-12(10-14)9-13(11-16)15(17)20-8-7-18-2/h4-6,9-10H,3,7-8H2,1-2H3. The van der Waals surface area contributed by atoms with Gasteiger partial charge in [0, 0.05) is 7.11 Å². The number of nitriles is 1. The maximum absolute atomic E-state index is 11.7. The molecule has 5 heteroatoms. The zero-order valence-electron chi connectivity index (χ0n) is 11.6. The quantitative estimate of drug-likeness (QED) is 0.330. The van der Waals surface area contributed by atoms with E-state index in [2.05, 4.69) is 0 Å². The number of rotatable bonds is 7. The Balaban J connectivity index is 2.80. The number of esters is 1. The van der Waals surface area contributed by atoms with Gasteiger partial charge in [0.1, 0.15) is 24.0 Å². The van der Waals surface area contributed by atoms with E-state index in [4.69, 9.17) is 19.5 Å². The van der Waals surface area contributed by atoms with Crippen molar-refractivity contribution in [3.63, 3.8) is 0 Å². The predicted octanol–water partition coefficient (Wildman–Crippen LogP) is 2.18. The lowest BCUT2D eigenvalue weighted by molar-refractivity contribution is -0.139. The van der Waals surface area contributed by atoms with Gasteiger partial charge < -0.3 is 14.2 Å². The molecule has 0 amide bonds. The van der Waals surface area contributed by atoms with Crippen molar-refractivity contribution in [2.24, 2.45) is 0 Å². The molecule has 106 valence electrons. The zero-order chi connectivity index (χ0) is 14.8. The number of carbonyl (C=O) groups is 1. The van der Waals surface area contributed by atoms with Crippen LogP contribution in [0.15, 0.2) is 29.8 Å². The predicted molar refractivity (Wildman–Crippen MR) is 74.0 cm³/mol. The molecule has 1 rings (SSSR count). The number of benzene rings is 1. The van der Waals surface area contributed by atoms with Crippen LogP contribution in [0.5, 0.6) is 5.75 Å². The molecular weight excluding hydrogens is 258 g/mol. The van der Waals surface area contributed by atoms with Gasteiger partial charge in [0.2, 0.25) is 0 Å². The van der Waals surface area contributed by atoms with Crippen LogP contribution in [0.4, 0.5) is 0 Å². The van der Waals surface area contributed by atoms with Gasteiger partial charge in [0.05, 0.1) is 13.2 Å². The lowest BCUT2D eigenvalue weighted by atomic mass is 10.1. The van der Waals surface area contributed by atoms with Crippen LogP contribution >= 0.6 is 0 Å². The average molecular weight is 275 g/mol. The van der Waals surface area contributed by atoms with Gasteiger partial charge in [-0.15, -0.1) is 0 Å². The number of hydrogen-bond acceptors (Lipinski definition) is 5. The van der Waals surface area contributed by atoms with Gasteiger partial charge in [0.25, 0.3) is 0 Å². The third-order valence-electron chi connectivity index (χ3n) is 2.34. The number of carbonyl (C=O) groups excluding carboxylic acids is 1. The summed E-state index contributed by atoms with van der Waals surface area (Å²) in [6.07, 6.45) is 1.47. The molecule has 0 fully saturated rings. The van der Waals surface area contributed by atoms with Crippen molar-refractivity contribution in [1.82, 2.24) is 0 Å². The average Bonchev–Trinajstić information content (AvgIpc) is 2.45. The molecular formula is C15H17NO4. The van der Waals surface area contributed by atoms with Gasteiger partial charge in [-0.25, -0.2) is 4.79 Å². The monoisotopic (exact) mass is 275 g/mol. The third kappa shape index (κ3) is 5.12. The van der Waals surface area contributed by atoms with Gasteiger partial charge in [0.15, 0.2) is 0 Å². The molecule has 0 unspecified atom stereocenters. The summed E-state index contributed by atoms with van der Waals surface area (Å²) in [5.74, 6) is 0.0256. The summed E-state index contributed by atoms with van der Waals surface area (Å²) in [4.78, 5) is 11.7. The number of nitrogens with zero attached hydrogens (tertiary/aromatic N) is 1. The highest BCUT2D eigenvalue weighted by Crippen LogP contribution is 2.16. The zero-order valence-corrected chi connectivity index (χ0v) is 11.6. The van der Waals surface area contributed by atoms with Crippen LogP contribution in [-0.4, -0.2) is 32.9 Å². The first-order valence-electron chi connectivity index (χ1n) is 6.22. The molecule has 0 spiro atoms. The fourth-order valence-electron chi connectivity index (χ4n) is 1.46. The highest BCUT2D eigenvalue weighted by Gasteiger charge is 2.10. The Kier molecular flexibility index (Phi) is 6.87. The number of ether oxygens (including phenoxy) is 3. The van der Waals surface area contributed by atoms with Crippen molar-refractivity contribution in [1.29, 1.82) is 5.26 Å². The Bertz CT molecular complexity index is 517. The minimum Gasteiger partial charge on any atom is -0.494 e. The fourth-order valence-corrected chi connectivity index (χ4v) is 1.46. The van der Waals surface area contributed by atoms with Crippen LogP contribution in [0.3, 0.4) is 0 Å². The van der Waals surface area contributed by atoms with E-state index >= 15 is 0 Å². The van der Waals surface area contributed by atoms with E-state index < -0.39 is 5.97 Å². The Morgan fingerprint density at radius 3 is 2.85 bits per heavy atom. The topological polar surface area (TPSA) is 68.5 Å². The molecule has 0 radical (unpaired) electrons. The molecule has 5 nitrogen and oxygen atoms in total. The summed E-state index contributed by atoms with van der Waals surface area (Å²) in [7, 11) is 1.51. The second kappa shape index (κ2) is 8.73. The van der Waals surface area contributed by atoms with Crippen LogP contribution in [-0.2, 0) is 14.3 Å². The van der Waals surface area contributed by atoms with E-state index in [1.165, 1.54) is 13.2 Å². The molecule has 0 saturated heterocycles. The molecule has 0 N–H and O–H groups in total. The summed E-state index contributed by atoms with van der Waals surface area (Å²) >= 11 is 0. The molecule has 20 heavy (non-hydrogen) atoms. The Labute approximate surface area is 118 Å². The van der Waals surface area contributed by atoms with E-state index in [1.54, 1.807) is 18.2 Å². The highest BCUT2D eigenvalue weighted by atomic mass is 16.6. The van der Waals surface area contributed by atoms with Crippen molar-refractivity contribution >= 4 is 12.0 Å². The van der Waals surface area contributed by atoms with E-state index in [0.717, 1.165) is 0 Å². The van der Waals surface area contributed by atoms with Gasteiger partial charge in [-0.1, -0.05) is 12.1 Å². The van der Waals surface area contributed by atoms with E-state index in [9.17, 15) is 4.79 Å². The Morgan fingerprint density at radius 2 is 2.20 bits per heavy atom. The molecule has 0 aliphatic carbocycles. The SMILES string of the molecule is CCOc1cccc(C=C(C#N)C(=O)OCCOC)c1. The first kappa shape index (κ1) is 15.7. The molecule has 0 heterocycles. The van der Waals surface area contributed by atoms with Gasteiger partial charge >= 0.3 is 5.97 Å². The minimum atomic E-state index is -0.661. The molecule has 0 aliphatic rings. The Morgan fingerprint density at radius 1 is 1.40 bits per heavy atom. The van der Waals surface area contributed by atoms with Crippen molar-refractivity contribution in [3.05, 3.63) is 35.4 Å². The number of methoxy groups -OCH3 is 1. The summed E-state index contributed by atoms with van der Waals surface area (Å²) < 4.78 is 15.0. The van der Waals surface area contributed by atoms with Gasteiger partial charge in [-0.3, -0.25) is 0 Å². The molecule has 0 aliphatic heterocycles. The first-order valence-corrected chi connectivity index (χ1v) is 6.22. The maximum atomic E-state index is 11.7. The lowest BCUT2D eigenvalue weighted by Crippen LogP contribution is -2.11. The smallest absolute Gasteiger partial charge is 0.348 e. The second-order valence-corrected chi connectivity index (χ2v) is 3.80. The molecule has 1 aromatic rings. The van der Waals surface area contributed by atoms with Crippen LogP contribution in [0, 0.1) is 11.3 Å². The molecule has 0 bridgehead atoms. The minimum absolute atomic E-state index is 0.0604. The summed E-state index contributed by atoms with van der Waals surface area (Å²) in [5.41, 5.74) is 0.644. The molecule has 0 saturated carbocycles. The third-order valence-corrected chi connectivity index (χ3v) is 2.34. The second-order valence-electron chi connectivity index (χ2n) is 3.80. The highest BCUT2D eigenvalue weighted by molar-refractivity contribution is 5.97. The summed E-state index contributed by atoms with van der Waals surface area (Å²) in [6.45, 7) is 2.85. The Hall–Kier alpha value is -2.32. The van der Waals surface area contributed by atoms with Crippen LogP contribution < -0.4 is 4.74 Å². The van der Waals surface area contributed by atoms with Crippen molar-refractivity contribution in [2.75, 3.05) is 26.9 Å². The van der Waals surface area contributed by atoms with Crippen LogP contribution in [0.1, 0.15) is 12.5 Å². The van der Waals surface area contributed by atoms with E-state index in [1.807, 2.05) is 19.1 Å². The normalized spacial score (nSPS) is 10.8. The largest absolute Gasteiger partial charge is 0.494 e. The first-order chi connectivity index (χ1) is 9.71. The van der Waals surface area contributed by atoms with E-state index in [0.29, 0.717) is 24.5 Å². The van der Waals surface area contributed by atoms with Crippen molar-refractivity contribution < 1.29 is 19.0 Å². The van der Waals surface area contributed by atoms with Crippen LogP contribution in [0.2, 0.25) is 0 Å². The summed E-state index contributed by atoms with van der Waals surface area (Å²) in [6, 6.07) is 8.97. The van der Waals surface area contributed by atoms with E-state index in [-0.39, 0.29) is 12.2 Å². The van der Waals surface area contributed by atoms with Crippen molar-refractivity contribution in [2.45, 2.75) is 6.92 Å². The van der Waals surface area contributed by atoms with Crippen molar-refractivity contribution in [3.8, 4) is 11.8 Å². The fraction of sp³-hybridized carbons (Fsp3) is 0.333. The van der Waals surface area contributed by atoms with Crippen LogP contribution in [0.25, 0.3) is 6.08 Å². The summed E-state index contributed by atoms with van der Waals surface area (Å²) in [5, 5.41) is 9.01. The number of hydrogen-bond donors (Lipinski definition) is 0. The van der Waals surface area contributed by atoms with Gasteiger partial charge in [-0.05, 0) is 30.7 Å². The molecule has 0 aromatic heterocycles. The lowest BCUT2D eigenvalue weighted by Gasteiger charge is -2.04. The molecule has 0 atom stereocenters. The molecule has 1 aromatic carbocycles. The maximum Gasteiger partial charge on any atom is 0.348 e.